The molecule has 10 heavy (non-hydrogen) atoms. The van der Waals surface area contributed by atoms with Gasteiger partial charge in [-0.15, -0.1) is 0 Å². The van der Waals surface area contributed by atoms with Gasteiger partial charge >= 0.3 is 5.97 Å². The van der Waals surface area contributed by atoms with E-state index in [-0.39, 0.29) is 24.1 Å². The molecule has 3 nitrogen and oxygen atoms in total. The highest BCUT2D eigenvalue weighted by atomic mass is 16.5. The molecule has 1 unspecified atom stereocenters. The fourth-order valence-electron chi connectivity index (χ4n) is 0.791. The first-order valence-electron chi connectivity index (χ1n) is 3.42. The molecule has 0 radical (unpaired) electrons. The fraction of sp³-hybridized carbons (Fsp3) is 0.714. The van der Waals surface area contributed by atoms with Crippen LogP contribution in [-0.2, 0) is 14.3 Å². The number of carbonyl (C=O) groups is 2. The summed E-state index contributed by atoms with van der Waals surface area (Å²) in [6.45, 7) is 2.16. The van der Waals surface area contributed by atoms with Crippen LogP contribution < -0.4 is 0 Å². The zero-order chi connectivity index (χ0) is 7.56. The minimum absolute atomic E-state index is 0.0148. The second-order valence-corrected chi connectivity index (χ2v) is 2.38. The van der Waals surface area contributed by atoms with Gasteiger partial charge in [-0.05, 0) is 6.92 Å². The van der Waals surface area contributed by atoms with Gasteiger partial charge in [0, 0.05) is 12.3 Å². The highest BCUT2D eigenvalue weighted by Crippen LogP contribution is 2.27. The molecule has 0 amide bonds. The largest absolute Gasteiger partial charge is 0.466 e. The molecule has 0 aromatic carbocycles. The molecular formula is C7H10O3. The highest BCUT2D eigenvalue weighted by molar-refractivity contribution is 5.98. The van der Waals surface area contributed by atoms with Crippen molar-refractivity contribution in [3.63, 3.8) is 0 Å². The number of hydrogen-bond acceptors (Lipinski definition) is 3. The first-order chi connectivity index (χ1) is 4.74. The molecule has 1 fully saturated rings. The maximum Gasteiger partial charge on any atom is 0.306 e. The lowest BCUT2D eigenvalue weighted by molar-refractivity contribution is -0.144. The van der Waals surface area contributed by atoms with Gasteiger partial charge in [0.05, 0.1) is 13.0 Å². The zero-order valence-electron chi connectivity index (χ0n) is 5.92. The van der Waals surface area contributed by atoms with E-state index in [0.717, 1.165) is 0 Å². The third kappa shape index (κ3) is 1.83. The van der Waals surface area contributed by atoms with Crippen LogP contribution in [0.4, 0.5) is 0 Å². The summed E-state index contributed by atoms with van der Waals surface area (Å²) in [5.41, 5.74) is 0. The number of carbonyl (C=O) groups excluding carboxylic acids is 2. The van der Waals surface area contributed by atoms with Gasteiger partial charge in [-0.2, -0.15) is 0 Å². The number of ether oxygens (including phenoxy) is 1. The average Bonchev–Trinajstić information content (AvgIpc) is 2.47. The number of Topliss-reactive ketones (excluding diaryl/α,β-unsaturated/α-hetero) is 1. The van der Waals surface area contributed by atoms with Gasteiger partial charge in [0.1, 0.15) is 5.78 Å². The van der Waals surface area contributed by atoms with Crippen molar-refractivity contribution in [2.24, 2.45) is 5.92 Å². The van der Waals surface area contributed by atoms with Crippen LogP contribution in [0.2, 0.25) is 0 Å². The van der Waals surface area contributed by atoms with Gasteiger partial charge in [-0.25, -0.2) is 0 Å². The third-order valence-corrected chi connectivity index (χ3v) is 1.46. The quantitative estimate of drug-likeness (QED) is 0.540. The minimum atomic E-state index is -0.252. The normalized spacial score (nSPS) is 22.5. The molecule has 1 atom stereocenters. The van der Waals surface area contributed by atoms with E-state index in [1.165, 1.54) is 0 Å². The number of esters is 1. The molecule has 56 valence electrons. The summed E-state index contributed by atoms with van der Waals surface area (Å²) >= 11 is 0. The van der Waals surface area contributed by atoms with Crippen LogP contribution in [0.5, 0.6) is 0 Å². The van der Waals surface area contributed by atoms with Crippen LogP contribution in [0.1, 0.15) is 19.8 Å². The highest BCUT2D eigenvalue weighted by Gasteiger charge is 2.36. The number of rotatable bonds is 3. The van der Waals surface area contributed by atoms with E-state index in [4.69, 9.17) is 0 Å². The van der Waals surface area contributed by atoms with Gasteiger partial charge in [0.2, 0.25) is 0 Å². The molecule has 0 saturated heterocycles. The first kappa shape index (κ1) is 7.25. The fourth-order valence-corrected chi connectivity index (χ4v) is 0.791. The molecule has 0 aromatic rings. The van der Waals surface area contributed by atoms with E-state index >= 15 is 0 Å². The van der Waals surface area contributed by atoms with Crippen molar-refractivity contribution in [2.45, 2.75) is 19.8 Å². The molecule has 0 aliphatic heterocycles. The van der Waals surface area contributed by atoms with Crippen molar-refractivity contribution in [1.82, 2.24) is 0 Å². The molecule has 1 rings (SSSR count). The van der Waals surface area contributed by atoms with E-state index in [2.05, 4.69) is 4.74 Å². The Hall–Kier alpha value is -0.860. The lowest BCUT2D eigenvalue weighted by Crippen LogP contribution is -2.04. The Kier molecular flexibility index (Phi) is 2.04. The second kappa shape index (κ2) is 2.82. The Balaban J connectivity index is 2.13. The van der Waals surface area contributed by atoms with Crippen molar-refractivity contribution in [2.75, 3.05) is 6.61 Å². The summed E-state index contributed by atoms with van der Waals surface area (Å²) in [7, 11) is 0. The predicted octanol–water partition coefficient (Wildman–Crippen LogP) is 0.529. The summed E-state index contributed by atoms with van der Waals surface area (Å²) in [5, 5.41) is 0. The molecule has 1 saturated carbocycles. The lowest BCUT2D eigenvalue weighted by Gasteiger charge is -1.96. The zero-order valence-corrected chi connectivity index (χ0v) is 5.92. The summed E-state index contributed by atoms with van der Waals surface area (Å²) in [6.07, 6.45) is 0.853. The van der Waals surface area contributed by atoms with Crippen LogP contribution in [0.3, 0.4) is 0 Å². The second-order valence-electron chi connectivity index (χ2n) is 2.38. The van der Waals surface area contributed by atoms with Crippen molar-refractivity contribution < 1.29 is 14.3 Å². The molecule has 0 N–H and O–H groups in total. The standard InChI is InChI=1S/C7H10O3/c1-2-10-7(9)4-5-3-6(5)8/h5H,2-4H2,1H3. The van der Waals surface area contributed by atoms with Crippen molar-refractivity contribution in [3.05, 3.63) is 0 Å². The van der Waals surface area contributed by atoms with Gasteiger partial charge in [0.15, 0.2) is 0 Å². The molecule has 3 heteroatoms. The smallest absolute Gasteiger partial charge is 0.306 e. The molecule has 1 aliphatic carbocycles. The van der Waals surface area contributed by atoms with Gasteiger partial charge in [-0.1, -0.05) is 0 Å². The van der Waals surface area contributed by atoms with Crippen LogP contribution in [-0.4, -0.2) is 18.4 Å². The predicted molar refractivity (Wildman–Crippen MR) is 34.4 cm³/mol. The van der Waals surface area contributed by atoms with Gasteiger partial charge in [0.25, 0.3) is 0 Å². The van der Waals surface area contributed by atoms with Crippen molar-refractivity contribution in [3.8, 4) is 0 Å². The SMILES string of the molecule is CCOC(=O)CC1CC1=O. The molecule has 1 aliphatic rings. The Labute approximate surface area is 59.4 Å². The van der Waals surface area contributed by atoms with Crippen molar-refractivity contribution in [1.29, 1.82) is 0 Å². The summed E-state index contributed by atoms with van der Waals surface area (Å²) in [6, 6.07) is 0. The summed E-state index contributed by atoms with van der Waals surface area (Å²) in [4.78, 5) is 21.1. The average molecular weight is 142 g/mol. The topological polar surface area (TPSA) is 43.4 Å². The van der Waals surface area contributed by atoms with E-state index in [1.807, 2.05) is 0 Å². The van der Waals surface area contributed by atoms with Crippen LogP contribution in [0.15, 0.2) is 0 Å². The van der Waals surface area contributed by atoms with E-state index < -0.39 is 0 Å². The molecule has 0 bridgehead atoms. The lowest BCUT2D eigenvalue weighted by atomic mass is 10.3. The van der Waals surface area contributed by atoms with Crippen LogP contribution in [0, 0.1) is 5.92 Å². The third-order valence-electron chi connectivity index (χ3n) is 1.46. The molecule has 0 heterocycles. The number of ketones is 1. The maximum absolute atomic E-state index is 10.7. The number of hydrogen-bond donors (Lipinski definition) is 0. The Morgan fingerprint density at radius 1 is 1.80 bits per heavy atom. The van der Waals surface area contributed by atoms with Gasteiger partial charge < -0.3 is 4.74 Å². The Bertz CT molecular complexity index is 162. The van der Waals surface area contributed by atoms with Crippen molar-refractivity contribution >= 4 is 11.8 Å². The summed E-state index contributed by atoms with van der Waals surface area (Å²) < 4.78 is 4.65. The molecule has 0 aromatic heterocycles. The maximum atomic E-state index is 10.7. The summed E-state index contributed by atoms with van der Waals surface area (Å²) in [5.74, 6) is -0.0783. The van der Waals surface area contributed by atoms with E-state index in [9.17, 15) is 9.59 Å². The Morgan fingerprint density at radius 2 is 2.40 bits per heavy atom. The molecule has 0 spiro atoms. The monoisotopic (exact) mass is 142 g/mol. The van der Waals surface area contributed by atoms with E-state index in [1.54, 1.807) is 6.92 Å². The Morgan fingerprint density at radius 3 is 2.80 bits per heavy atom. The van der Waals surface area contributed by atoms with E-state index in [0.29, 0.717) is 13.0 Å². The van der Waals surface area contributed by atoms with Gasteiger partial charge in [-0.3, -0.25) is 9.59 Å². The first-order valence-corrected chi connectivity index (χ1v) is 3.42. The van der Waals surface area contributed by atoms with Crippen LogP contribution in [0.25, 0.3) is 0 Å². The van der Waals surface area contributed by atoms with Crippen LogP contribution >= 0.6 is 0 Å². The minimum Gasteiger partial charge on any atom is -0.466 e. The molecular weight excluding hydrogens is 132 g/mol.